The van der Waals surface area contributed by atoms with Gasteiger partial charge in [-0.25, -0.2) is 5.84 Å². The first-order chi connectivity index (χ1) is 13.8. The second-order valence-electron chi connectivity index (χ2n) is 7.37. The van der Waals surface area contributed by atoms with Crippen LogP contribution in [-0.4, -0.2) is 35.6 Å². The lowest BCUT2D eigenvalue weighted by Gasteiger charge is -2.12. The lowest BCUT2D eigenvalue weighted by atomic mass is 10.1. The number of hydrogen-bond donors (Lipinski definition) is 3. The van der Waals surface area contributed by atoms with Gasteiger partial charge in [0.1, 0.15) is 6.29 Å². The molecule has 7 heteroatoms. The fourth-order valence-corrected chi connectivity index (χ4v) is 3.38. The quantitative estimate of drug-likeness (QED) is 0.0933. The van der Waals surface area contributed by atoms with Crippen LogP contribution in [0.4, 0.5) is 0 Å². The second-order valence-corrected chi connectivity index (χ2v) is 8.45. The SMILES string of the molecule is CC(C)=CCC/C(C)=C/CC/C(C)=C/CSCC(C=O)NC(=O)CCC(=O)NN. The van der Waals surface area contributed by atoms with Crippen LogP contribution in [0.3, 0.4) is 0 Å². The van der Waals surface area contributed by atoms with Gasteiger partial charge >= 0.3 is 0 Å². The molecule has 2 amide bonds. The Hall–Kier alpha value is -1.86. The van der Waals surface area contributed by atoms with E-state index in [1.54, 1.807) is 11.8 Å². The maximum atomic E-state index is 11.7. The Kier molecular flexibility index (Phi) is 15.9. The van der Waals surface area contributed by atoms with E-state index in [-0.39, 0.29) is 18.7 Å². The van der Waals surface area contributed by atoms with Crippen LogP contribution in [0, 0.1) is 0 Å². The average molecular weight is 424 g/mol. The molecule has 0 aliphatic carbocycles. The van der Waals surface area contributed by atoms with Gasteiger partial charge in [0, 0.05) is 24.3 Å². The molecule has 0 aliphatic rings. The van der Waals surface area contributed by atoms with Crippen molar-refractivity contribution in [3.8, 4) is 0 Å². The first-order valence-electron chi connectivity index (χ1n) is 10.0. The van der Waals surface area contributed by atoms with E-state index in [1.807, 2.05) is 5.43 Å². The van der Waals surface area contributed by atoms with Crippen LogP contribution in [0.2, 0.25) is 0 Å². The predicted octanol–water partition coefficient (Wildman–Crippen LogP) is 3.59. The van der Waals surface area contributed by atoms with Crippen LogP contribution in [0.5, 0.6) is 0 Å². The fraction of sp³-hybridized carbons (Fsp3) is 0.591. The van der Waals surface area contributed by atoms with E-state index in [1.165, 1.54) is 16.7 Å². The Balaban J connectivity index is 4.07. The molecular weight excluding hydrogens is 386 g/mol. The van der Waals surface area contributed by atoms with Gasteiger partial charge in [-0.2, -0.15) is 11.8 Å². The highest BCUT2D eigenvalue weighted by molar-refractivity contribution is 7.99. The summed E-state index contributed by atoms with van der Waals surface area (Å²) in [6.45, 7) is 8.55. The molecule has 29 heavy (non-hydrogen) atoms. The number of nitrogens with two attached hydrogens (primary N) is 1. The van der Waals surface area contributed by atoms with E-state index in [4.69, 9.17) is 5.84 Å². The maximum Gasteiger partial charge on any atom is 0.234 e. The molecule has 0 aromatic rings. The van der Waals surface area contributed by atoms with Gasteiger partial charge in [-0.3, -0.25) is 15.0 Å². The monoisotopic (exact) mass is 423 g/mol. The minimum absolute atomic E-state index is 0.00581. The summed E-state index contributed by atoms with van der Waals surface area (Å²) < 4.78 is 0. The van der Waals surface area contributed by atoms with Gasteiger partial charge < -0.3 is 10.1 Å². The van der Waals surface area contributed by atoms with Crippen LogP contribution in [-0.2, 0) is 14.4 Å². The number of carbonyl (C=O) groups is 3. The van der Waals surface area contributed by atoms with E-state index in [0.717, 1.165) is 37.7 Å². The topological polar surface area (TPSA) is 101 Å². The standard InChI is InChI=1S/C22H37N3O3S/c1-17(2)7-5-8-18(3)9-6-10-19(4)13-14-29-16-20(15-26)24-21(27)11-12-22(28)25-23/h7,9,13,15,20H,5-6,8,10-12,14,16,23H2,1-4H3,(H,24,27)(H,25,28)/b18-9+,19-13+. The second kappa shape index (κ2) is 17.0. The molecule has 0 rings (SSSR count). The van der Waals surface area contributed by atoms with Crippen molar-refractivity contribution in [2.24, 2.45) is 5.84 Å². The molecule has 0 aromatic heterocycles. The van der Waals surface area contributed by atoms with Crippen molar-refractivity contribution in [1.82, 2.24) is 10.7 Å². The molecule has 1 atom stereocenters. The molecule has 0 fully saturated rings. The Morgan fingerprint density at radius 1 is 0.897 bits per heavy atom. The predicted molar refractivity (Wildman–Crippen MR) is 122 cm³/mol. The van der Waals surface area contributed by atoms with Crippen LogP contribution in [0.1, 0.15) is 66.2 Å². The number of hydrogen-bond acceptors (Lipinski definition) is 5. The van der Waals surface area contributed by atoms with Crippen molar-refractivity contribution < 1.29 is 14.4 Å². The molecule has 0 saturated heterocycles. The summed E-state index contributed by atoms with van der Waals surface area (Å²) in [5.74, 6) is 5.53. The van der Waals surface area contributed by atoms with Gasteiger partial charge in [0.15, 0.2) is 0 Å². The summed E-state index contributed by atoms with van der Waals surface area (Å²) in [4.78, 5) is 33.9. The molecule has 0 heterocycles. The largest absolute Gasteiger partial charge is 0.346 e. The highest BCUT2D eigenvalue weighted by Gasteiger charge is 2.12. The van der Waals surface area contributed by atoms with Crippen LogP contribution < -0.4 is 16.6 Å². The number of carbonyl (C=O) groups excluding carboxylic acids is 3. The number of aldehydes is 1. The lowest BCUT2D eigenvalue weighted by molar-refractivity contribution is -0.127. The summed E-state index contributed by atoms with van der Waals surface area (Å²) in [6.07, 6.45) is 11.8. The van der Waals surface area contributed by atoms with Crippen molar-refractivity contribution in [2.45, 2.75) is 72.3 Å². The summed E-state index contributed by atoms with van der Waals surface area (Å²) in [5.41, 5.74) is 6.09. The summed E-state index contributed by atoms with van der Waals surface area (Å²) in [6, 6.07) is -0.548. The number of allylic oxidation sites excluding steroid dienone is 5. The maximum absolute atomic E-state index is 11.7. The Bertz CT molecular complexity index is 608. The number of hydrazine groups is 1. The lowest BCUT2D eigenvalue weighted by Crippen LogP contribution is -2.39. The van der Waals surface area contributed by atoms with Gasteiger partial charge in [0.2, 0.25) is 11.8 Å². The van der Waals surface area contributed by atoms with Crippen molar-refractivity contribution >= 4 is 29.9 Å². The van der Waals surface area contributed by atoms with Gasteiger partial charge in [-0.15, -0.1) is 0 Å². The molecule has 0 radical (unpaired) electrons. The number of rotatable bonds is 15. The van der Waals surface area contributed by atoms with E-state index < -0.39 is 11.9 Å². The molecule has 0 bridgehead atoms. The zero-order valence-electron chi connectivity index (χ0n) is 18.3. The van der Waals surface area contributed by atoms with Crippen molar-refractivity contribution in [3.63, 3.8) is 0 Å². The van der Waals surface area contributed by atoms with Crippen molar-refractivity contribution in [2.75, 3.05) is 11.5 Å². The van der Waals surface area contributed by atoms with Gasteiger partial charge in [-0.05, 0) is 53.4 Å². The number of amides is 2. The molecule has 0 aliphatic heterocycles. The first-order valence-corrected chi connectivity index (χ1v) is 11.2. The highest BCUT2D eigenvalue weighted by Crippen LogP contribution is 2.12. The first kappa shape index (κ1) is 27.1. The smallest absolute Gasteiger partial charge is 0.234 e. The van der Waals surface area contributed by atoms with Crippen molar-refractivity contribution in [1.29, 1.82) is 0 Å². The third kappa shape index (κ3) is 16.8. The molecule has 0 aromatic carbocycles. The van der Waals surface area contributed by atoms with Gasteiger partial charge in [0.25, 0.3) is 0 Å². The average Bonchev–Trinajstić information content (AvgIpc) is 2.67. The normalized spacial score (nSPS) is 12.9. The van der Waals surface area contributed by atoms with Crippen LogP contribution >= 0.6 is 11.8 Å². The highest BCUT2D eigenvalue weighted by atomic mass is 32.2. The Labute approximate surface area is 179 Å². The minimum atomic E-state index is -0.548. The molecule has 0 spiro atoms. The zero-order chi connectivity index (χ0) is 22.1. The van der Waals surface area contributed by atoms with Crippen LogP contribution in [0.25, 0.3) is 0 Å². The minimum Gasteiger partial charge on any atom is -0.346 e. The fourth-order valence-electron chi connectivity index (χ4n) is 2.43. The molecular formula is C22H37N3O3S. The van der Waals surface area contributed by atoms with Gasteiger partial charge in [-0.1, -0.05) is 34.9 Å². The molecule has 4 N–H and O–H groups in total. The molecule has 1 unspecified atom stereocenters. The van der Waals surface area contributed by atoms with E-state index in [0.29, 0.717) is 5.75 Å². The van der Waals surface area contributed by atoms with E-state index in [2.05, 4.69) is 51.2 Å². The summed E-state index contributed by atoms with van der Waals surface area (Å²) >= 11 is 1.60. The van der Waals surface area contributed by atoms with E-state index in [9.17, 15) is 14.4 Å². The van der Waals surface area contributed by atoms with E-state index >= 15 is 0 Å². The van der Waals surface area contributed by atoms with Crippen LogP contribution in [0.15, 0.2) is 34.9 Å². The zero-order valence-corrected chi connectivity index (χ0v) is 19.1. The molecule has 0 saturated carbocycles. The Morgan fingerprint density at radius 2 is 1.48 bits per heavy atom. The van der Waals surface area contributed by atoms with Gasteiger partial charge in [0.05, 0.1) is 6.04 Å². The third-order valence-electron chi connectivity index (χ3n) is 4.22. The number of thioether (sulfide) groups is 1. The molecule has 6 nitrogen and oxygen atoms in total. The number of nitrogens with one attached hydrogen (secondary N) is 2. The third-order valence-corrected chi connectivity index (χ3v) is 5.22. The summed E-state index contributed by atoms with van der Waals surface area (Å²) in [5, 5.41) is 2.62. The van der Waals surface area contributed by atoms with Crippen molar-refractivity contribution in [3.05, 3.63) is 34.9 Å². The molecule has 164 valence electrons. The summed E-state index contributed by atoms with van der Waals surface area (Å²) in [7, 11) is 0. The Morgan fingerprint density at radius 3 is 2.07 bits per heavy atom.